The average Bonchev–Trinajstić information content (AvgIpc) is 2.93. The van der Waals surface area contributed by atoms with Gasteiger partial charge in [0, 0.05) is 36.0 Å². The molecule has 1 amide bonds. The van der Waals surface area contributed by atoms with E-state index in [-0.39, 0.29) is 11.8 Å². The number of fused-ring (bicyclic) bond motifs is 2. The van der Waals surface area contributed by atoms with Gasteiger partial charge in [0.1, 0.15) is 13.2 Å². The molecule has 8 heteroatoms. The fourth-order valence-corrected chi connectivity index (χ4v) is 5.09. The van der Waals surface area contributed by atoms with E-state index in [2.05, 4.69) is 33.6 Å². The molecule has 0 unspecified atom stereocenters. The van der Waals surface area contributed by atoms with Gasteiger partial charge in [0.15, 0.2) is 11.5 Å². The van der Waals surface area contributed by atoms with Gasteiger partial charge in [-0.1, -0.05) is 19.4 Å². The molecule has 190 valence electrons. The van der Waals surface area contributed by atoms with Gasteiger partial charge in [-0.3, -0.25) is 9.78 Å². The average molecular weight is 491 g/mol. The van der Waals surface area contributed by atoms with Gasteiger partial charge in [0.05, 0.1) is 30.2 Å². The normalized spacial score (nSPS) is 19.2. The Morgan fingerprint density at radius 3 is 2.67 bits per heavy atom. The summed E-state index contributed by atoms with van der Waals surface area (Å²) in [6.07, 6.45) is 7.35. The predicted molar refractivity (Wildman–Crippen MR) is 139 cm³/mol. The summed E-state index contributed by atoms with van der Waals surface area (Å²) in [6, 6.07) is 10.3. The molecule has 0 bridgehead atoms. The summed E-state index contributed by atoms with van der Waals surface area (Å²) in [4.78, 5) is 22.3. The van der Waals surface area contributed by atoms with Crippen LogP contribution >= 0.6 is 0 Å². The maximum Gasteiger partial charge on any atom is 0.227 e. The summed E-state index contributed by atoms with van der Waals surface area (Å²) in [6.45, 7) is 3.96. The first-order valence-electron chi connectivity index (χ1n) is 12.9. The second-order valence-corrected chi connectivity index (χ2v) is 9.51. The SMILES string of the molecule is CCCc1ccc(NC(=O)C2CCC(NCc3cc4c(cn3)OCCO4)CC2)c2nc(OC)ccc12. The molecule has 2 N–H and O–H groups in total. The number of carbonyl (C=O) groups excluding carboxylic acids is 1. The molecule has 3 aromatic rings. The predicted octanol–water partition coefficient (Wildman–Crippen LogP) is 4.65. The molecule has 1 aromatic carbocycles. The van der Waals surface area contributed by atoms with Crippen molar-refractivity contribution in [2.24, 2.45) is 5.92 Å². The fraction of sp³-hybridized carbons (Fsp3) is 0.464. The van der Waals surface area contributed by atoms with Crippen LogP contribution in [-0.2, 0) is 17.8 Å². The van der Waals surface area contributed by atoms with Crippen molar-refractivity contribution in [3.8, 4) is 17.4 Å². The minimum absolute atomic E-state index is 0.00792. The van der Waals surface area contributed by atoms with E-state index in [1.54, 1.807) is 13.3 Å². The lowest BCUT2D eigenvalue weighted by molar-refractivity contribution is -0.120. The van der Waals surface area contributed by atoms with E-state index >= 15 is 0 Å². The molecule has 1 saturated carbocycles. The van der Waals surface area contributed by atoms with Gasteiger partial charge in [-0.2, -0.15) is 0 Å². The summed E-state index contributed by atoms with van der Waals surface area (Å²) in [5.41, 5.74) is 3.70. The fourth-order valence-electron chi connectivity index (χ4n) is 5.09. The first-order chi connectivity index (χ1) is 17.6. The van der Waals surface area contributed by atoms with Crippen molar-refractivity contribution in [1.82, 2.24) is 15.3 Å². The van der Waals surface area contributed by atoms with Crippen LogP contribution in [0.5, 0.6) is 17.4 Å². The highest BCUT2D eigenvalue weighted by Crippen LogP contribution is 2.32. The molecule has 1 aliphatic heterocycles. The third-order valence-corrected chi connectivity index (χ3v) is 7.06. The number of aromatic nitrogens is 2. The number of methoxy groups -OCH3 is 1. The van der Waals surface area contributed by atoms with Crippen LogP contribution in [0.1, 0.15) is 50.3 Å². The number of aryl methyl sites for hydroxylation is 1. The van der Waals surface area contributed by atoms with Crippen molar-refractivity contribution < 1.29 is 19.0 Å². The number of benzene rings is 1. The minimum atomic E-state index is -0.00792. The minimum Gasteiger partial charge on any atom is -0.486 e. The standard InChI is InChI=1S/C28H34N4O4/c1-3-4-18-7-11-23(27-22(18)10-12-26(32-27)34-2)31-28(33)19-5-8-20(9-6-19)29-16-21-15-24-25(17-30-21)36-14-13-35-24/h7,10-12,15,17,19-20,29H,3-6,8-9,13-14,16H2,1-2H3,(H,31,33). The van der Waals surface area contributed by atoms with Gasteiger partial charge in [-0.25, -0.2) is 4.98 Å². The zero-order chi connectivity index (χ0) is 24.9. The Morgan fingerprint density at radius 1 is 1.08 bits per heavy atom. The molecule has 3 heterocycles. The maximum atomic E-state index is 13.2. The summed E-state index contributed by atoms with van der Waals surface area (Å²) < 4.78 is 16.5. The van der Waals surface area contributed by atoms with E-state index in [0.29, 0.717) is 37.4 Å². The molecule has 5 rings (SSSR count). The van der Waals surface area contributed by atoms with Crippen LogP contribution < -0.4 is 24.8 Å². The zero-order valence-corrected chi connectivity index (χ0v) is 21.0. The van der Waals surface area contributed by atoms with E-state index < -0.39 is 0 Å². The molecule has 1 aliphatic carbocycles. The second kappa shape index (κ2) is 11.1. The summed E-state index contributed by atoms with van der Waals surface area (Å²) in [5, 5.41) is 7.82. The first-order valence-corrected chi connectivity index (χ1v) is 12.9. The van der Waals surface area contributed by atoms with Crippen LogP contribution in [0, 0.1) is 5.92 Å². The van der Waals surface area contributed by atoms with E-state index in [4.69, 9.17) is 14.2 Å². The Labute approximate surface area is 211 Å². The summed E-state index contributed by atoms with van der Waals surface area (Å²) in [7, 11) is 1.61. The van der Waals surface area contributed by atoms with Gasteiger partial charge in [-0.05, 0) is 49.8 Å². The van der Waals surface area contributed by atoms with Crippen molar-refractivity contribution in [2.75, 3.05) is 25.6 Å². The Bertz CT molecular complexity index is 1220. The van der Waals surface area contributed by atoms with Crippen molar-refractivity contribution in [3.63, 3.8) is 0 Å². The topological polar surface area (TPSA) is 94.6 Å². The van der Waals surface area contributed by atoms with Crippen molar-refractivity contribution in [1.29, 1.82) is 0 Å². The summed E-state index contributed by atoms with van der Waals surface area (Å²) in [5.74, 6) is 2.07. The second-order valence-electron chi connectivity index (χ2n) is 9.51. The Balaban J connectivity index is 1.18. The number of hydrogen-bond donors (Lipinski definition) is 2. The summed E-state index contributed by atoms with van der Waals surface area (Å²) >= 11 is 0. The lowest BCUT2D eigenvalue weighted by Gasteiger charge is -2.28. The van der Waals surface area contributed by atoms with Crippen LogP contribution in [0.25, 0.3) is 10.9 Å². The van der Waals surface area contributed by atoms with Gasteiger partial charge in [0.25, 0.3) is 0 Å². The van der Waals surface area contributed by atoms with Crippen molar-refractivity contribution >= 4 is 22.5 Å². The molecular weight excluding hydrogens is 456 g/mol. The zero-order valence-electron chi connectivity index (χ0n) is 21.0. The monoisotopic (exact) mass is 490 g/mol. The third kappa shape index (κ3) is 5.38. The highest BCUT2D eigenvalue weighted by molar-refractivity contribution is 6.02. The quantitative estimate of drug-likeness (QED) is 0.475. The van der Waals surface area contributed by atoms with E-state index in [0.717, 1.165) is 66.6 Å². The number of carbonyl (C=O) groups is 1. The highest BCUT2D eigenvalue weighted by atomic mass is 16.6. The molecule has 0 radical (unpaired) electrons. The molecule has 1 fully saturated rings. The van der Waals surface area contributed by atoms with Gasteiger partial charge >= 0.3 is 0 Å². The molecule has 0 saturated heterocycles. The van der Waals surface area contributed by atoms with E-state index in [1.165, 1.54) is 5.56 Å². The molecule has 0 spiro atoms. The molecular formula is C28H34N4O4. The molecule has 8 nitrogen and oxygen atoms in total. The van der Waals surface area contributed by atoms with Crippen LogP contribution in [-0.4, -0.2) is 42.2 Å². The van der Waals surface area contributed by atoms with Gasteiger partial charge < -0.3 is 24.8 Å². The number of hydrogen-bond acceptors (Lipinski definition) is 7. The molecule has 2 aromatic heterocycles. The Morgan fingerprint density at radius 2 is 1.89 bits per heavy atom. The van der Waals surface area contributed by atoms with Crippen molar-refractivity contribution in [2.45, 2.75) is 58.0 Å². The number of rotatable bonds is 8. The van der Waals surface area contributed by atoms with E-state index in [9.17, 15) is 4.79 Å². The van der Waals surface area contributed by atoms with Crippen LogP contribution in [0.4, 0.5) is 5.69 Å². The maximum absolute atomic E-state index is 13.2. The number of anilines is 1. The molecule has 36 heavy (non-hydrogen) atoms. The number of pyridine rings is 2. The van der Waals surface area contributed by atoms with Gasteiger partial charge in [-0.15, -0.1) is 0 Å². The number of amides is 1. The lowest BCUT2D eigenvalue weighted by atomic mass is 9.85. The first kappa shape index (κ1) is 24.3. The van der Waals surface area contributed by atoms with Crippen molar-refractivity contribution in [3.05, 3.63) is 47.8 Å². The molecule has 0 atom stereocenters. The van der Waals surface area contributed by atoms with Crippen LogP contribution in [0.3, 0.4) is 0 Å². The van der Waals surface area contributed by atoms with E-state index in [1.807, 2.05) is 24.3 Å². The Hall–Kier alpha value is -3.39. The number of nitrogens with one attached hydrogen (secondary N) is 2. The highest BCUT2D eigenvalue weighted by Gasteiger charge is 2.27. The number of nitrogens with zero attached hydrogens (tertiary/aromatic N) is 2. The largest absolute Gasteiger partial charge is 0.486 e. The van der Waals surface area contributed by atoms with Crippen LogP contribution in [0.15, 0.2) is 36.5 Å². The third-order valence-electron chi connectivity index (χ3n) is 7.06. The van der Waals surface area contributed by atoms with Gasteiger partial charge in [0.2, 0.25) is 11.8 Å². The van der Waals surface area contributed by atoms with Crippen LogP contribution in [0.2, 0.25) is 0 Å². The molecule has 2 aliphatic rings. The smallest absolute Gasteiger partial charge is 0.227 e. The Kier molecular flexibility index (Phi) is 7.51. The lowest BCUT2D eigenvalue weighted by Crippen LogP contribution is -2.36. The number of ether oxygens (including phenoxy) is 3.